The highest BCUT2D eigenvalue weighted by molar-refractivity contribution is 5.89. The number of anilines is 1. The predicted molar refractivity (Wildman–Crippen MR) is 92.0 cm³/mol. The summed E-state index contributed by atoms with van der Waals surface area (Å²) < 4.78 is 6.27. The molecule has 2 aromatic rings. The Hall–Kier alpha value is -2.56. The summed E-state index contributed by atoms with van der Waals surface area (Å²) in [5.74, 6) is 0.914. The van der Waals surface area contributed by atoms with Crippen LogP contribution < -0.4 is 10.1 Å². The first-order valence-corrected chi connectivity index (χ1v) is 8.39. The van der Waals surface area contributed by atoms with E-state index in [0.29, 0.717) is 0 Å². The lowest BCUT2D eigenvalue weighted by Crippen LogP contribution is -2.50. The molecule has 2 aliphatic rings. The lowest BCUT2D eigenvalue weighted by molar-refractivity contribution is -0.0463. The van der Waals surface area contributed by atoms with E-state index in [1.54, 1.807) is 29.4 Å². The number of carbonyl (C=O) groups is 1. The number of amides is 2. The summed E-state index contributed by atoms with van der Waals surface area (Å²) in [6.45, 7) is 0. The van der Waals surface area contributed by atoms with Gasteiger partial charge in [0, 0.05) is 37.1 Å². The predicted octanol–water partition coefficient (Wildman–Crippen LogP) is 3.99. The third kappa shape index (κ3) is 2.60. The molecule has 1 N–H and O–H groups in total. The Morgan fingerprint density at radius 2 is 2.00 bits per heavy atom. The number of rotatable bonds is 2. The van der Waals surface area contributed by atoms with Gasteiger partial charge in [-0.1, -0.05) is 18.2 Å². The quantitative estimate of drug-likeness (QED) is 0.909. The van der Waals surface area contributed by atoms with E-state index in [9.17, 15) is 4.79 Å². The Morgan fingerprint density at radius 1 is 1.25 bits per heavy atom. The monoisotopic (exact) mass is 323 g/mol. The van der Waals surface area contributed by atoms with E-state index in [1.807, 2.05) is 25.2 Å². The molecule has 2 heterocycles. The molecule has 0 bridgehead atoms. The van der Waals surface area contributed by atoms with Crippen LogP contribution in [-0.2, 0) is 0 Å². The fourth-order valence-electron chi connectivity index (χ4n) is 3.60. The molecule has 1 aromatic carbocycles. The topological polar surface area (TPSA) is 54.5 Å². The highest BCUT2D eigenvalue weighted by atomic mass is 16.5. The van der Waals surface area contributed by atoms with Crippen LogP contribution in [0.2, 0.25) is 0 Å². The van der Waals surface area contributed by atoms with Crippen molar-refractivity contribution in [3.05, 3.63) is 54.4 Å². The third-order valence-electron chi connectivity index (χ3n) is 5.15. The molecule has 1 aliphatic heterocycles. The Kier molecular flexibility index (Phi) is 3.63. The number of urea groups is 1. The van der Waals surface area contributed by atoms with Crippen LogP contribution in [0.25, 0.3) is 0 Å². The van der Waals surface area contributed by atoms with E-state index in [1.165, 1.54) is 6.42 Å². The van der Waals surface area contributed by atoms with Crippen LogP contribution in [0.3, 0.4) is 0 Å². The van der Waals surface area contributed by atoms with Gasteiger partial charge in [-0.2, -0.15) is 0 Å². The number of para-hydroxylation sites is 1. The SMILES string of the molecule is CN(C(=O)Nc1ccncc1)[C@H]1CC2(CCC2)Oc2ccccc21. The molecule has 1 saturated carbocycles. The average molecular weight is 323 g/mol. The molecule has 124 valence electrons. The Morgan fingerprint density at radius 3 is 2.71 bits per heavy atom. The fourth-order valence-corrected chi connectivity index (χ4v) is 3.60. The minimum absolute atomic E-state index is 0.0251. The van der Waals surface area contributed by atoms with Gasteiger partial charge in [0.25, 0.3) is 0 Å². The van der Waals surface area contributed by atoms with Crippen molar-refractivity contribution in [3.63, 3.8) is 0 Å². The van der Waals surface area contributed by atoms with E-state index in [0.717, 1.165) is 36.3 Å². The van der Waals surface area contributed by atoms with Gasteiger partial charge in [0.15, 0.2) is 0 Å². The maximum absolute atomic E-state index is 12.7. The fraction of sp³-hybridized carbons (Fsp3) is 0.368. The number of aromatic nitrogens is 1. The lowest BCUT2D eigenvalue weighted by Gasteiger charge is -2.49. The van der Waals surface area contributed by atoms with E-state index in [-0.39, 0.29) is 17.7 Å². The summed E-state index contributed by atoms with van der Waals surface area (Å²) in [7, 11) is 1.86. The highest BCUT2D eigenvalue weighted by Crippen LogP contribution is 2.50. The van der Waals surface area contributed by atoms with Gasteiger partial charge >= 0.3 is 6.03 Å². The molecule has 1 atom stereocenters. The minimum atomic E-state index is -0.114. The molecule has 24 heavy (non-hydrogen) atoms. The van der Waals surface area contributed by atoms with Crippen molar-refractivity contribution in [3.8, 4) is 5.75 Å². The largest absolute Gasteiger partial charge is 0.487 e. The number of pyridine rings is 1. The molecule has 1 aromatic heterocycles. The van der Waals surface area contributed by atoms with Crippen LogP contribution in [0, 0.1) is 0 Å². The van der Waals surface area contributed by atoms with Crippen LogP contribution in [-0.4, -0.2) is 28.6 Å². The standard InChI is InChI=1S/C19H21N3O2/c1-22(18(23)21-14-7-11-20-12-8-14)16-13-19(9-4-10-19)24-17-6-3-2-5-15(16)17/h2-3,5-8,11-12,16H,4,9-10,13H2,1H3,(H,20,21,23)/t16-/m0/s1. The van der Waals surface area contributed by atoms with Gasteiger partial charge in [0.2, 0.25) is 0 Å². The Balaban J connectivity index is 1.58. The molecule has 5 heteroatoms. The summed E-state index contributed by atoms with van der Waals surface area (Å²) in [5.41, 5.74) is 1.74. The summed E-state index contributed by atoms with van der Waals surface area (Å²) in [4.78, 5) is 18.5. The Labute approximate surface area is 141 Å². The summed E-state index contributed by atoms with van der Waals surface area (Å²) in [6, 6.07) is 11.5. The number of nitrogens with zero attached hydrogens (tertiary/aromatic N) is 2. The first-order chi connectivity index (χ1) is 11.7. The summed E-state index contributed by atoms with van der Waals surface area (Å²) in [6.07, 6.45) is 7.52. The second kappa shape index (κ2) is 5.82. The van der Waals surface area contributed by atoms with Gasteiger partial charge in [-0.3, -0.25) is 4.98 Å². The first kappa shape index (κ1) is 15.0. The zero-order valence-electron chi connectivity index (χ0n) is 13.7. The van der Waals surface area contributed by atoms with Gasteiger partial charge in [-0.15, -0.1) is 0 Å². The zero-order chi connectivity index (χ0) is 16.6. The van der Waals surface area contributed by atoms with E-state index >= 15 is 0 Å². The van der Waals surface area contributed by atoms with Gasteiger partial charge in [-0.05, 0) is 37.5 Å². The van der Waals surface area contributed by atoms with Crippen LogP contribution in [0.15, 0.2) is 48.8 Å². The van der Waals surface area contributed by atoms with Crippen molar-refractivity contribution in [2.45, 2.75) is 37.3 Å². The summed E-state index contributed by atoms with van der Waals surface area (Å²) >= 11 is 0. The lowest BCUT2D eigenvalue weighted by atomic mass is 9.72. The second-order valence-corrected chi connectivity index (χ2v) is 6.67. The molecule has 0 unspecified atom stereocenters. The van der Waals surface area contributed by atoms with Crippen molar-refractivity contribution in [1.82, 2.24) is 9.88 Å². The number of nitrogens with one attached hydrogen (secondary N) is 1. The summed E-state index contributed by atoms with van der Waals surface area (Å²) in [5, 5.41) is 2.94. The maximum atomic E-state index is 12.7. The number of hydrogen-bond acceptors (Lipinski definition) is 3. The number of fused-ring (bicyclic) bond motifs is 1. The van der Waals surface area contributed by atoms with Crippen molar-refractivity contribution in [1.29, 1.82) is 0 Å². The number of ether oxygens (including phenoxy) is 1. The van der Waals surface area contributed by atoms with Crippen LogP contribution in [0.5, 0.6) is 5.75 Å². The van der Waals surface area contributed by atoms with E-state index in [4.69, 9.17) is 4.74 Å². The zero-order valence-corrected chi connectivity index (χ0v) is 13.7. The minimum Gasteiger partial charge on any atom is -0.487 e. The molecule has 0 saturated heterocycles. The molecule has 5 nitrogen and oxygen atoms in total. The van der Waals surface area contributed by atoms with Crippen molar-refractivity contribution in [2.24, 2.45) is 0 Å². The normalized spacial score (nSPS) is 20.5. The molecule has 4 rings (SSSR count). The van der Waals surface area contributed by atoms with Crippen molar-refractivity contribution >= 4 is 11.7 Å². The number of hydrogen-bond donors (Lipinski definition) is 1. The highest BCUT2D eigenvalue weighted by Gasteiger charge is 2.47. The van der Waals surface area contributed by atoms with Crippen LogP contribution in [0.1, 0.15) is 37.3 Å². The molecule has 1 fully saturated rings. The Bertz CT molecular complexity index is 743. The van der Waals surface area contributed by atoms with Crippen LogP contribution >= 0.6 is 0 Å². The molecule has 1 aliphatic carbocycles. The molecular weight excluding hydrogens is 302 g/mol. The van der Waals surface area contributed by atoms with Gasteiger partial charge in [-0.25, -0.2) is 4.79 Å². The van der Waals surface area contributed by atoms with Crippen molar-refractivity contribution < 1.29 is 9.53 Å². The molecular formula is C19H21N3O2. The smallest absolute Gasteiger partial charge is 0.322 e. The number of carbonyl (C=O) groups excluding carboxylic acids is 1. The molecule has 0 radical (unpaired) electrons. The second-order valence-electron chi connectivity index (χ2n) is 6.67. The van der Waals surface area contributed by atoms with Gasteiger partial charge < -0.3 is 15.0 Å². The molecule has 2 amide bonds. The van der Waals surface area contributed by atoms with Gasteiger partial charge in [0.1, 0.15) is 11.4 Å². The first-order valence-electron chi connectivity index (χ1n) is 8.39. The van der Waals surface area contributed by atoms with E-state index < -0.39 is 0 Å². The molecule has 1 spiro atoms. The third-order valence-corrected chi connectivity index (χ3v) is 5.15. The van der Waals surface area contributed by atoms with Crippen molar-refractivity contribution in [2.75, 3.05) is 12.4 Å². The van der Waals surface area contributed by atoms with Crippen LogP contribution in [0.4, 0.5) is 10.5 Å². The maximum Gasteiger partial charge on any atom is 0.322 e. The number of benzene rings is 1. The van der Waals surface area contributed by atoms with Gasteiger partial charge in [0.05, 0.1) is 6.04 Å². The average Bonchev–Trinajstić information content (AvgIpc) is 2.59. The van der Waals surface area contributed by atoms with E-state index in [2.05, 4.69) is 16.4 Å².